The largest absolute Gasteiger partial charge is 0.327 e. The van der Waals surface area contributed by atoms with Crippen molar-refractivity contribution in [1.29, 1.82) is 0 Å². The van der Waals surface area contributed by atoms with Crippen LogP contribution in [-0.2, 0) is 4.79 Å². The van der Waals surface area contributed by atoms with Crippen LogP contribution in [0, 0.1) is 5.41 Å². The Labute approximate surface area is 120 Å². The van der Waals surface area contributed by atoms with Gasteiger partial charge in [0.15, 0.2) is 0 Å². The molecule has 0 aliphatic heterocycles. The summed E-state index contributed by atoms with van der Waals surface area (Å²) in [5, 5.41) is 2.95. The minimum atomic E-state index is -0.395. The molecule has 1 unspecified atom stereocenters. The van der Waals surface area contributed by atoms with Crippen molar-refractivity contribution in [3.8, 4) is 0 Å². The van der Waals surface area contributed by atoms with Crippen molar-refractivity contribution < 1.29 is 4.79 Å². The summed E-state index contributed by atoms with van der Waals surface area (Å²) in [6.07, 6.45) is 0.976. The number of nitrogens with one attached hydrogen (secondary N) is 1. The fraction of sp³-hybridized carbons (Fsp3) is 0.533. The molecule has 1 atom stereocenters. The van der Waals surface area contributed by atoms with E-state index in [-0.39, 0.29) is 11.9 Å². The Bertz CT molecular complexity index is 392. The van der Waals surface area contributed by atoms with Gasteiger partial charge in [-0.25, -0.2) is 0 Å². The summed E-state index contributed by atoms with van der Waals surface area (Å²) >= 11 is 1.75. The maximum absolute atomic E-state index is 12.2. The summed E-state index contributed by atoms with van der Waals surface area (Å²) in [6, 6.07) is 9.78. The molecule has 0 aliphatic rings. The Morgan fingerprint density at radius 3 is 2.58 bits per heavy atom. The Hall–Kier alpha value is -1.00. The number of rotatable bonds is 7. The van der Waals surface area contributed by atoms with Gasteiger partial charge in [-0.1, -0.05) is 39.0 Å². The van der Waals surface area contributed by atoms with Crippen LogP contribution in [0.15, 0.2) is 30.3 Å². The molecule has 0 spiro atoms. The van der Waals surface area contributed by atoms with E-state index in [4.69, 9.17) is 5.73 Å². The van der Waals surface area contributed by atoms with Crippen LogP contribution in [0.4, 0.5) is 5.69 Å². The Kier molecular flexibility index (Phi) is 6.38. The van der Waals surface area contributed by atoms with Gasteiger partial charge >= 0.3 is 0 Å². The summed E-state index contributed by atoms with van der Waals surface area (Å²) in [5.41, 5.74) is 6.33. The number of carbonyl (C=O) groups excluding carboxylic acids is 1. The second-order valence-electron chi connectivity index (χ2n) is 5.39. The lowest BCUT2D eigenvalue weighted by molar-refractivity contribution is -0.122. The van der Waals surface area contributed by atoms with E-state index in [2.05, 4.69) is 12.2 Å². The number of thioether (sulfide) groups is 1. The van der Waals surface area contributed by atoms with Gasteiger partial charge in [0.25, 0.3) is 0 Å². The van der Waals surface area contributed by atoms with Crippen LogP contribution in [0.1, 0.15) is 27.2 Å². The molecule has 0 radical (unpaired) electrons. The topological polar surface area (TPSA) is 55.1 Å². The molecule has 0 aromatic heterocycles. The smallest absolute Gasteiger partial charge is 0.230 e. The summed E-state index contributed by atoms with van der Waals surface area (Å²) in [5.74, 6) is 1.73. The van der Waals surface area contributed by atoms with Crippen LogP contribution in [-0.4, -0.2) is 23.5 Å². The van der Waals surface area contributed by atoms with Gasteiger partial charge in [0.05, 0.1) is 5.41 Å². The third-order valence-electron chi connectivity index (χ3n) is 2.97. The van der Waals surface area contributed by atoms with E-state index >= 15 is 0 Å². The lowest BCUT2D eigenvalue weighted by atomic mass is 9.95. The average molecular weight is 280 g/mol. The first-order valence-corrected chi connectivity index (χ1v) is 7.81. The first-order chi connectivity index (χ1) is 8.95. The maximum Gasteiger partial charge on any atom is 0.230 e. The number of para-hydroxylation sites is 1. The summed E-state index contributed by atoms with van der Waals surface area (Å²) in [4.78, 5) is 12.2. The molecule has 0 saturated heterocycles. The van der Waals surface area contributed by atoms with Gasteiger partial charge in [0.2, 0.25) is 5.91 Å². The zero-order valence-electron chi connectivity index (χ0n) is 12.0. The molecular formula is C15H24N2OS. The van der Waals surface area contributed by atoms with Crippen molar-refractivity contribution in [1.82, 2.24) is 0 Å². The molecule has 1 aromatic rings. The van der Waals surface area contributed by atoms with Crippen molar-refractivity contribution >= 4 is 23.4 Å². The molecule has 1 amide bonds. The van der Waals surface area contributed by atoms with Crippen molar-refractivity contribution in [2.45, 2.75) is 33.2 Å². The molecule has 0 aliphatic carbocycles. The van der Waals surface area contributed by atoms with Crippen molar-refractivity contribution in [2.24, 2.45) is 11.1 Å². The van der Waals surface area contributed by atoms with E-state index in [1.165, 1.54) is 0 Å². The van der Waals surface area contributed by atoms with Crippen LogP contribution < -0.4 is 11.1 Å². The molecule has 0 bridgehead atoms. The molecule has 0 saturated carbocycles. The van der Waals surface area contributed by atoms with Crippen LogP contribution in [0.25, 0.3) is 0 Å². The highest BCUT2D eigenvalue weighted by atomic mass is 32.2. The highest BCUT2D eigenvalue weighted by Gasteiger charge is 2.27. The molecule has 3 nitrogen and oxygen atoms in total. The molecule has 106 valence electrons. The van der Waals surface area contributed by atoms with Gasteiger partial charge in [-0.3, -0.25) is 4.79 Å². The van der Waals surface area contributed by atoms with Crippen LogP contribution in [0.3, 0.4) is 0 Å². The first kappa shape index (κ1) is 16.1. The second kappa shape index (κ2) is 7.56. The lowest BCUT2D eigenvalue weighted by Crippen LogP contribution is -2.33. The van der Waals surface area contributed by atoms with Gasteiger partial charge in [0.1, 0.15) is 0 Å². The number of nitrogens with two attached hydrogens (primary N) is 1. The lowest BCUT2D eigenvalue weighted by Gasteiger charge is -2.23. The van der Waals surface area contributed by atoms with Crippen molar-refractivity contribution in [2.75, 3.05) is 16.8 Å². The fourth-order valence-electron chi connectivity index (χ4n) is 1.47. The minimum absolute atomic E-state index is 0.0521. The standard InChI is InChI=1S/C15H24N2OS/c1-4-12(16)10-19-11-15(2,3)14(18)17-13-8-6-5-7-9-13/h5-9,12H,4,10-11,16H2,1-3H3,(H,17,18). The normalized spacial score (nSPS) is 13.1. The molecule has 0 heterocycles. The molecule has 3 N–H and O–H groups in total. The molecule has 4 heteroatoms. The van der Waals surface area contributed by atoms with Crippen LogP contribution in [0.2, 0.25) is 0 Å². The number of benzene rings is 1. The van der Waals surface area contributed by atoms with Gasteiger partial charge in [-0.2, -0.15) is 11.8 Å². The van der Waals surface area contributed by atoms with E-state index in [1.807, 2.05) is 44.2 Å². The first-order valence-electron chi connectivity index (χ1n) is 6.65. The Balaban J connectivity index is 2.45. The highest BCUT2D eigenvalue weighted by molar-refractivity contribution is 7.99. The number of anilines is 1. The van der Waals surface area contributed by atoms with E-state index < -0.39 is 5.41 Å². The van der Waals surface area contributed by atoms with Gasteiger partial charge in [-0.05, 0) is 18.6 Å². The number of hydrogen-bond acceptors (Lipinski definition) is 3. The van der Waals surface area contributed by atoms with Gasteiger partial charge in [-0.15, -0.1) is 0 Å². The molecular weight excluding hydrogens is 256 g/mol. The molecule has 1 rings (SSSR count). The van der Waals surface area contributed by atoms with Crippen LogP contribution >= 0.6 is 11.8 Å². The van der Waals surface area contributed by atoms with Gasteiger partial charge in [0, 0.05) is 23.2 Å². The predicted octanol–water partition coefficient (Wildman–Crippen LogP) is 3.12. The summed E-state index contributed by atoms with van der Waals surface area (Å²) < 4.78 is 0. The molecule has 19 heavy (non-hydrogen) atoms. The zero-order valence-corrected chi connectivity index (χ0v) is 12.8. The quantitative estimate of drug-likeness (QED) is 0.807. The monoisotopic (exact) mass is 280 g/mol. The maximum atomic E-state index is 12.2. The Morgan fingerprint density at radius 1 is 1.37 bits per heavy atom. The van der Waals surface area contributed by atoms with E-state index in [0.29, 0.717) is 0 Å². The number of hydrogen-bond donors (Lipinski definition) is 2. The Morgan fingerprint density at radius 2 is 2.00 bits per heavy atom. The number of amides is 1. The summed E-state index contributed by atoms with van der Waals surface area (Å²) in [7, 11) is 0. The SMILES string of the molecule is CCC(N)CSCC(C)(C)C(=O)Nc1ccccc1. The third kappa shape index (κ3) is 5.66. The second-order valence-corrected chi connectivity index (χ2v) is 6.42. The molecule has 0 fully saturated rings. The van der Waals surface area contributed by atoms with E-state index in [9.17, 15) is 4.79 Å². The predicted molar refractivity (Wildman–Crippen MR) is 84.4 cm³/mol. The van der Waals surface area contributed by atoms with E-state index in [0.717, 1.165) is 23.6 Å². The summed E-state index contributed by atoms with van der Waals surface area (Å²) in [6.45, 7) is 6.02. The minimum Gasteiger partial charge on any atom is -0.327 e. The average Bonchev–Trinajstić information content (AvgIpc) is 2.39. The third-order valence-corrected chi connectivity index (χ3v) is 4.56. The van der Waals surface area contributed by atoms with Crippen molar-refractivity contribution in [3.05, 3.63) is 30.3 Å². The zero-order chi connectivity index (χ0) is 14.3. The number of carbonyl (C=O) groups is 1. The van der Waals surface area contributed by atoms with E-state index in [1.54, 1.807) is 11.8 Å². The fourth-order valence-corrected chi connectivity index (χ4v) is 2.77. The highest BCUT2D eigenvalue weighted by Crippen LogP contribution is 2.24. The van der Waals surface area contributed by atoms with Crippen LogP contribution in [0.5, 0.6) is 0 Å². The molecule has 1 aromatic carbocycles. The van der Waals surface area contributed by atoms with Crippen molar-refractivity contribution in [3.63, 3.8) is 0 Å². The van der Waals surface area contributed by atoms with Gasteiger partial charge < -0.3 is 11.1 Å².